The van der Waals surface area contributed by atoms with E-state index in [4.69, 9.17) is 9.47 Å². The number of nitrogens with one attached hydrogen (secondary N) is 1. The maximum atomic E-state index is 6.21. The van der Waals surface area contributed by atoms with Gasteiger partial charge in [0.25, 0.3) is 0 Å². The van der Waals surface area contributed by atoms with E-state index in [0.717, 1.165) is 44.1 Å². The molecule has 6 heteroatoms. The van der Waals surface area contributed by atoms with E-state index in [1.165, 1.54) is 5.56 Å². The Labute approximate surface area is 151 Å². The monoisotopic (exact) mass is 362 g/mol. The van der Waals surface area contributed by atoms with Crippen LogP contribution in [0.3, 0.4) is 0 Å². The molecule has 1 N–H and O–H groups in total. The van der Waals surface area contributed by atoms with Crippen molar-refractivity contribution < 1.29 is 9.47 Å². The van der Waals surface area contributed by atoms with Crippen LogP contribution in [-0.2, 0) is 0 Å². The molecule has 4 nitrogen and oxygen atoms in total. The Hall–Kier alpha value is -0.680. The fourth-order valence-corrected chi connectivity index (χ4v) is 3.37. The van der Waals surface area contributed by atoms with Crippen molar-refractivity contribution in [2.24, 2.45) is 0 Å². The number of benzene rings is 1. The van der Waals surface area contributed by atoms with Crippen molar-refractivity contribution in [2.45, 2.75) is 38.8 Å². The molecule has 23 heavy (non-hydrogen) atoms. The van der Waals surface area contributed by atoms with Crippen molar-refractivity contribution in [3.63, 3.8) is 0 Å². The number of rotatable bonds is 3. The summed E-state index contributed by atoms with van der Waals surface area (Å²) in [5.74, 6) is 1.88. The Balaban J connectivity index is 0.00000132. The summed E-state index contributed by atoms with van der Waals surface area (Å²) in [6.07, 6.45) is 1.04. The molecular weight excluding hydrogens is 335 g/mol. The molecule has 1 fully saturated rings. The van der Waals surface area contributed by atoms with Crippen molar-refractivity contribution in [3.05, 3.63) is 23.8 Å². The summed E-state index contributed by atoms with van der Waals surface area (Å²) < 4.78 is 11.8. The van der Waals surface area contributed by atoms with Crippen LogP contribution in [0.2, 0.25) is 0 Å². The van der Waals surface area contributed by atoms with E-state index in [2.05, 4.69) is 42.3 Å². The van der Waals surface area contributed by atoms with Crippen molar-refractivity contribution in [1.82, 2.24) is 10.2 Å². The molecule has 0 aliphatic carbocycles. The minimum Gasteiger partial charge on any atom is -0.494 e. The van der Waals surface area contributed by atoms with Crippen LogP contribution in [-0.4, -0.2) is 43.3 Å². The fraction of sp³-hybridized carbons (Fsp3) is 0.647. The lowest BCUT2D eigenvalue weighted by Gasteiger charge is -2.44. The third kappa shape index (κ3) is 4.66. The molecule has 132 valence electrons. The average molecular weight is 363 g/mol. The third-order valence-electron chi connectivity index (χ3n) is 4.32. The minimum absolute atomic E-state index is 0. The Morgan fingerprint density at radius 2 is 1.96 bits per heavy atom. The zero-order valence-electron chi connectivity index (χ0n) is 14.1. The van der Waals surface area contributed by atoms with Crippen molar-refractivity contribution in [3.8, 4) is 11.5 Å². The normalized spacial score (nSPS) is 22.8. The molecule has 1 atom stereocenters. The van der Waals surface area contributed by atoms with Gasteiger partial charge in [-0.15, -0.1) is 24.8 Å². The molecule has 2 aliphatic rings. The van der Waals surface area contributed by atoms with Gasteiger partial charge in [0.2, 0.25) is 0 Å². The molecule has 2 aliphatic heterocycles. The molecule has 0 spiro atoms. The quantitative estimate of drug-likeness (QED) is 0.892. The lowest BCUT2D eigenvalue weighted by molar-refractivity contribution is 0.0257. The third-order valence-corrected chi connectivity index (χ3v) is 4.32. The highest BCUT2D eigenvalue weighted by Gasteiger charge is 2.37. The highest BCUT2D eigenvalue weighted by atomic mass is 35.5. The summed E-state index contributed by atoms with van der Waals surface area (Å²) in [5, 5.41) is 3.43. The van der Waals surface area contributed by atoms with Gasteiger partial charge in [-0.1, -0.05) is 6.07 Å². The summed E-state index contributed by atoms with van der Waals surface area (Å²) >= 11 is 0. The molecule has 1 aromatic carbocycles. The predicted molar refractivity (Wildman–Crippen MR) is 98.6 cm³/mol. The number of hydrogen-bond donors (Lipinski definition) is 1. The molecule has 1 aromatic rings. The summed E-state index contributed by atoms with van der Waals surface area (Å²) in [6.45, 7) is 11.4. The molecule has 0 aromatic heterocycles. The van der Waals surface area contributed by atoms with E-state index in [-0.39, 0.29) is 30.4 Å². The van der Waals surface area contributed by atoms with E-state index >= 15 is 0 Å². The van der Waals surface area contributed by atoms with E-state index in [9.17, 15) is 0 Å². The van der Waals surface area contributed by atoms with Crippen LogP contribution < -0.4 is 14.8 Å². The maximum Gasteiger partial charge on any atom is 0.128 e. The van der Waals surface area contributed by atoms with E-state index in [1.807, 2.05) is 6.92 Å². The number of ether oxygens (including phenoxy) is 2. The van der Waals surface area contributed by atoms with Gasteiger partial charge in [0.05, 0.1) is 6.61 Å². The first-order chi connectivity index (χ1) is 10.1. The number of fused-ring (bicyclic) bond motifs is 1. The Bertz CT molecular complexity index is 505. The lowest BCUT2D eigenvalue weighted by atomic mass is 9.88. The average Bonchev–Trinajstić information content (AvgIpc) is 2.46. The standard InChI is InChI=1S/C17H26N2O2.2ClH/c1-4-20-13-5-6-14-15(19-9-7-18-8-10-19)12-17(2,3)21-16(14)11-13;;/h5-6,11,15,18H,4,7-10,12H2,1-3H3;2*1H. The fourth-order valence-electron chi connectivity index (χ4n) is 3.37. The lowest BCUT2D eigenvalue weighted by Crippen LogP contribution is -2.48. The molecule has 1 unspecified atom stereocenters. The smallest absolute Gasteiger partial charge is 0.128 e. The van der Waals surface area contributed by atoms with Crippen molar-refractivity contribution >= 4 is 24.8 Å². The highest BCUT2D eigenvalue weighted by molar-refractivity contribution is 5.85. The molecular formula is C17H28Cl2N2O2. The van der Waals surface area contributed by atoms with Gasteiger partial charge in [0, 0.05) is 50.3 Å². The Morgan fingerprint density at radius 1 is 1.26 bits per heavy atom. The van der Waals surface area contributed by atoms with Gasteiger partial charge < -0.3 is 14.8 Å². The van der Waals surface area contributed by atoms with Gasteiger partial charge in [-0.2, -0.15) is 0 Å². The first kappa shape index (κ1) is 20.4. The summed E-state index contributed by atoms with van der Waals surface area (Å²) in [5.41, 5.74) is 1.17. The molecule has 0 radical (unpaired) electrons. The second-order valence-corrected chi connectivity index (χ2v) is 6.50. The van der Waals surface area contributed by atoms with Gasteiger partial charge in [0.15, 0.2) is 0 Å². The molecule has 0 saturated carbocycles. The van der Waals surface area contributed by atoms with Gasteiger partial charge in [0.1, 0.15) is 17.1 Å². The first-order valence-electron chi connectivity index (χ1n) is 7.99. The second kappa shape index (κ2) is 8.43. The molecule has 2 heterocycles. The first-order valence-corrected chi connectivity index (χ1v) is 7.99. The van der Waals surface area contributed by atoms with Crippen LogP contribution >= 0.6 is 24.8 Å². The summed E-state index contributed by atoms with van der Waals surface area (Å²) in [7, 11) is 0. The second-order valence-electron chi connectivity index (χ2n) is 6.50. The van der Waals surface area contributed by atoms with Gasteiger partial charge in [-0.25, -0.2) is 0 Å². The zero-order valence-corrected chi connectivity index (χ0v) is 15.8. The largest absolute Gasteiger partial charge is 0.494 e. The number of hydrogen-bond acceptors (Lipinski definition) is 4. The summed E-state index contributed by atoms with van der Waals surface area (Å²) in [4.78, 5) is 2.58. The number of halogens is 2. The number of nitrogens with zero attached hydrogens (tertiary/aromatic N) is 1. The van der Waals surface area contributed by atoms with Crippen LogP contribution in [0.4, 0.5) is 0 Å². The Kier molecular flexibility index (Phi) is 7.46. The van der Waals surface area contributed by atoms with E-state index in [0.29, 0.717) is 12.6 Å². The predicted octanol–water partition coefficient (Wildman–Crippen LogP) is 3.44. The van der Waals surface area contributed by atoms with Crippen LogP contribution in [0.25, 0.3) is 0 Å². The van der Waals surface area contributed by atoms with Crippen molar-refractivity contribution in [2.75, 3.05) is 32.8 Å². The van der Waals surface area contributed by atoms with E-state index in [1.54, 1.807) is 0 Å². The highest BCUT2D eigenvalue weighted by Crippen LogP contribution is 2.43. The van der Waals surface area contributed by atoms with E-state index < -0.39 is 0 Å². The molecule has 0 bridgehead atoms. The molecule has 3 rings (SSSR count). The van der Waals surface area contributed by atoms with Crippen LogP contribution in [0.1, 0.15) is 38.8 Å². The van der Waals surface area contributed by atoms with Crippen LogP contribution in [0.5, 0.6) is 11.5 Å². The maximum absolute atomic E-state index is 6.21. The van der Waals surface area contributed by atoms with Gasteiger partial charge in [-0.05, 0) is 26.8 Å². The molecule has 0 amide bonds. The van der Waals surface area contributed by atoms with Crippen molar-refractivity contribution in [1.29, 1.82) is 0 Å². The number of piperazine rings is 1. The molecule has 1 saturated heterocycles. The zero-order chi connectivity index (χ0) is 14.9. The Morgan fingerprint density at radius 3 is 2.61 bits per heavy atom. The minimum atomic E-state index is -0.132. The van der Waals surface area contributed by atoms with Crippen LogP contribution in [0, 0.1) is 0 Å². The summed E-state index contributed by atoms with van der Waals surface area (Å²) in [6, 6.07) is 6.75. The van der Waals surface area contributed by atoms with Gasteiger partial charge in [-0.3, -0.25) is 4.90 Å². The van der Waals surface area contributed by atoms with Crippen LogP contribution in [0.15, 0.2) is 18.2 Å². The van der Waals surface area contributed by atoms with Gasteiger partial charge >= 0.3 is 0 Å². The topological polar surface area (TPSA) is 33.7 Å². The SMILES string of the molecule is CCOc1ccc2c(c1)OC(C)(C)CC2N1CCNCC1.Cl.Cl.